The molecule has 0 saturated heterocycles. The Balaban J connectivity index is 1.72. The zero-order chi connectivity index (χ0) is 20.0. The Hall–Kier alpha value is -3.40. The minimum absolute atomic E-state index is 0.0769. The average molecular weight is 407 g/mol. The minimum Gasteiger partial charge on any atom is -0.497 e. The Kier molecular flexibility index (Phi) is 4.20. The van der Waals surface area contributed by atoms with E-state index in [2.05, 4.69) is 25.3 Å². The van der Waals surface area contributed by atoms with E-state index in [-0.39, 0.29) is 11.2 Å². The number of H-pyrrole nitrogens is 1. The van der Waals surface area contributed by atoms with Crippen LogP contribution in [0.1, 0.15) is 22.1 Å². The topological polar surface area (TPSA) is 111 Å². The molecule has 10 heteroatoms. The van der Waals surface area contributed by atoms with Crippen molar-refractivity contribution in [2.75, 3.05) is 18.2 Å². The van der Waals surface area contributed by atoms with Gasteiger partial charge in [-0.15, -0.1) is 11.8 Å². The van der Waals surface area contributed by atoms with Gasteiger partial charge in [0, 0.05) is 5.56 Å². The van der Waals surface area contributed by atoms with E-state index in [1.165, 1.54) is 6.33 Å². The first kappa shape index (κ1) is 17.7. The summed E-state index contributed by atoms with van der Waals surface area (Å²) in [5.41, 5.74) is 4.00. The van der Waals surface area contributed by atoms with Crippen LogP contribution >= 0.6 is 11.8 Å². The number of fused-ring (bicyclic) bond motifs is 2. The van der Waals surface area contributed by atoms with E-state index >= 15 is 0 Å². The zero-order valence-corrected chi connectivity index (χ0v) is 16.5. The van der Waals surface area contributed by atoms with Crippen LogP contribution in [0, 0.1) is 6.92 Å². The first-order chi connectivity index (χ1) is 14.2. The lowest BCUT2D eigenvalue weighted by molar-refractivity contribution is -0.113. The molecular weight excluding hydrogens is 390 g/mol. The van der Waals surface area contributed by atoms with Crippen LogP contribution in [-0.2, 0) is 4.79 Å². The summed E-state index contributed by atoms with van der Waals surface area (Å²) in [6.45, 7) is 1.94. The summed E-state index contributed by atoms with van der Waals surface area (Å²) in [5.74, 6) is 2.17. The molecule has 0 fully saturated rings. The average Bonchev–Trinajstić information content (AvgIpc) is 3.29. The van der Waals surface area contributed by atoms with Crippen molar-refractivity contribution < 1.29 is 9.53 Å². The van der Waals surface area contributed by atoms with E-state index < -0.39 is 0 Å². The Morgan fingerprint density at radius 3 is 3.03 bits per heavy atom. The van der Waals surface area contributed by atoms with E-state index in [1.54, 1.807) is 29.9 Å². The number of rotatable bonds is 3. The van der Waals surface area contributed by atoms with Crippen LogP contribution in [0.3, 0.4) is 0 Å². The largest absolute Gasteiger partial charge is 0.497 e. The number of ether oxygens (including phenoxy) is 1. The first-order valence-electron chi connectivity index (χ1n) is 8.95. The van der Waals surface area contributed by atoms with Gasteiger partial charge in [-0.05, 0) is 24.6 Å². The lowest BCUT2D eigenvalue weighted by Gasteiger charge is -2.16. The van der Waals surface area contributed by atoms with Crippen molar-refractivity contribution in [2.24, 2.45) is 0 Å². The zero-order valence-electron chi connectivity index (χ0n) is 15.7. The second-order valence-electron chi connectivity index (χ2n) is 6.57. The smallest absolute Gasteiger partial charge is 0.235 e. The maximum atomic E-state index is 12.5. The van der Waals surface area contributed by atoms with E-state index in [9.17, 15) is 4.79 Å². The van der Waals surface area contributed by atoms with Crippen LogP contribution in [0.5, 0.6) is 5.75 Å². The molecule has 0 spiro atoms. The van der Waals surface area contributed by atoms with Gasteiger partial charge < -0.3 is 15.0 Å². The van der Waals surface area contributed by atoms with Crippen LogP contribution < -0.4 is 10.1 Å². The monoisotopic (exact) mass is 407 g/mol. The van der Waals surface area contributed by atoms with Crippen LogP contribution in [0.15, 0.2) is 36.9 Å². The maximum absolute atomic E-state index is 12.5. The number of aromatic amines is 1. The summed E-state index contributed by atoms with van der Waals surface area (Å²) in [6.07, 6.45) is 3.00. The second kappa shape index (κ2) is 6.89. The van der Waals surface area contributed by atoms with Crippen molar-refractivity contribution in [1.29, 1.82) is 0 Å². The number of aromatic nitrogens is 6. The third-order valence-corrected chi connectivity index (χ3v) is 6.08. The van der Waals surface area contributed by atoms with Gasteiger partial charge in [0.2, 0.25) is 5.91 Å². The van der Waals surface area contributed by atoms with Gasteiger partial charge in [0.25, 0.3) is 0 Å². The van der Waals surface area contributed by atoms with Crippen molar-refractivity contribution in [2.45, 2.75) is 12.2 Å². The summed E-state index contributed by atoms with van der Waals surface area (Å²) in [7, 11) is 1.64. The summed E-state index contributed by atoms with van der Waals surface area (Å²) < 4.78 is 7.05. The van der Waals surface area contributed by atoms with Crippen LogP contribution in [-0.4, -0.2) is 48.5 Å². The number of carbonyl (C=O) groups is 1. The molecule has 1 aromatic carbocycles. The fourth-order valence-electron chi connectivity index (χ4n) is 3.52. The molecule has 0 unspecified atom stereocenters. The highest BCUT2D eigenvalue weighted by Gasteiger charge is 2.31. The quantitative estimate of drug-likeness (QED) is 0.537. The molecule has 0 aliphatic carbocycles. The summed E-state index contributed by atoms with van der Waals surface area (Å²) >= 11 is 1.56. The molecule has 1 aliphatic heterocycles. The van der Waals surface area contributed by atoms with Gasteiger partial charge in [0.15, 0.2) is 11.5 Å². The molecule has 2 N–H and O–H groups in total. The maximum Gasteiger partial charge on any atom is 0.235 e. The molecule has 0 saturated carbocycles. The first-order valence-corrected chi connectivity index (χ1v) is 10.00. The molecule has 3 aromatic heterocycles. The van der Waals surface area contributed by atoms with Crippen molar-refractivity contribution in [3.63, 3.8) is 0 Å². The van der Waals surface area contributed by atoms with Gasteiger partial charge in [-0.25, -0.2) is 15.0 Å². The molecule has 29 heavy (non-hydrogen) atoms. The van der Waals surface area contributed by atoms with Crippen LogP contribution in [0.2, 0.25) is 0 Å². The minimum atomic E-state index is -0.0855. The van der Waals surface area contributed by atoms with Crippen molar-refractivity contribution in [1.82, 2.24) is 29.7 Å². The molecule has 146 valence electrons. The van der Waals surface area contributed by atoms with Gasteiger partial charge in [-0.3, -0.25) is 4.79 Å². The molecule has 9 nitrogen and oxygen atoms in total. The number of methoxy groups -OCH3 is 1. The standard InChI is InChI=1S/C19H17N7O2S/c1-10-14-16(11-4-3-5-12(6-11)28-2)29-7-13(27)24-18(14)26(25-10)19-15-17(21-8-20-15)22-9-23-19/h3-6,8-9,16H,7H2,1-2H3,(H,24,27)(H,20,21,22,23)/t16-/m0/s1. The lowest BCUT2D eigenvalue weighted by Crippen LogP contribution is -2.16. The summed E-state index contributed by atoms with van der Waals surface area (Å²) in [6, 6.07) is 7.88. The van der Waals surface area contributed by atoms with Crippen molar-refractivity contribution in [3.05, 3.63) is 53.7 Å². The number of benzene rings is 1. The Morgan fingerprint density at radius 2 is 2.17 bits per heavy atom. The van der Waals surface area contributed by atoms with Gasteiger partial charge in [-0.2, -0.15) is 9.78 Å². The second-order valence-corrected chi connectivity index (χ2v) is 7.67. The number of amides is 1. The Morgan fingerprint density at radius 1 is 1.28 bits per heavy atom. The summed E-state index contributed by atoms with van der Waals surface area (Å²) in [5, 5.41) is 7.64. The number of anilines is 1. The van der Waals surface area contributed by atoms with E-state index in [4.69, 9.17) is 9.84 Å². The molecule has 1 amide bonds. The van der Waals surface area contributed by atoms with Crippen LogP contribution in [0.4, 0.5) is 5.82 Å². The molecule has 1 atom stereocenters. The Labute approximate surface area is 169 Å². The highest BCUT2D eigenvalue weighted by molar-refractivity contribution is 8.00. The van der Waals surface area contributed by atoms with Gasteiger partial charge in [-0.1, -0.05) is 12.1 Å². The number of nitrogens with one attached hydrogen (secondary N) is 2. The number of imidazole rings is 1. The molecule has 1 aliphatic rings. The van der Waals surface area contributed by atoms with Crippen molar-refractivity contribution >= 4 is 34.7 Å². The van der Waals surface area contributed by atoms with E-state index in [0.717, 1.165) is 22.6 Å². The number of hydrogen-bond donors (Lipinski definition) is 2. The number of nitrogens with zero attached hydrogens (tertiary/aromatic N) is 5. The number of carbonyl (C=O) groups excluding carboxylic acids is 1. The van der Waals surface area contributed by atoms with E-state index in [1.807, 2.05) is 31.2 Å². The highest BCUT2D eigenvalue weighted by atomic mass is 32.2. The molecule has 4 heterocycles. The van der Waals surface area contributed by atoms with E-state index in [0.29, 0.717) is 28.6 Å². The molecular formula is C19H17N7O2S. The molecule has 0 radical (unpaired) electrons. The fourth-order valence-corrected chi connectivity index (χ4v) is 4.70. The van der Waals surface area contributed by atoms with Gasteiger partial charge in [0.1, 0.15) is 23.4 Å². The predicted molar refractivity (Wildman–Crippen MR) is 109 cm³/mol. The summed E-state index contributed by atoms with van der Waals surface area (Å²) in [4.78, 5) is 28.3. The van der Waals surface area contributed by atoms with Gasteiger partial charge >= 0.3 is 0 Å². The third-order valence-electron chi connectivity index (χ3n) is 4.81. The molecule has 0 bridgehead atoms. The molecule has 5 rings (SSSR count). The highest BCUT2D eigenvalue weighted by Crippen LogP contribution is 2.44. The fraction of sp³-hybridized carbons (Fsp3) is 0.211. The van der Waals surface area contributed by atoms with Crippen LogP contribution in [0.25, 0.3) is 17.0 Å². The number of thioether (sulfide) groups is 1. The Bertz CT molecular complexity index is 1230. The number of aryl methyl sites for hydroxylation is 1. The van der Waals surface area contributed by atoms with Gasteiger partial charge in [0.05, 0.1) is 30.1 Å². The lowest BCUT2D eigenvalue weighted by atomic mass is 10.0. The third kappa shape index (κ3) is 2.92. The molecule has 4 aromatic rings. The predicted octanol–water partition coefficient (Wildman–Crippen LogP) is 2.63. The normalized spacial score (nSPS) is 16.3. The number of hydrogen-bond acceptors (Lipinski definition) is 7. The van der Waals surface area contributed by atoms with Crippen molar-refractivity contribution in [3.8, 4) is 11.6 Å². The SMILES string of the molecule is COc1cccc([C@@H]2SCC(=O)Nc3c2c(C)nn3-c2ncnc3nc[nH]c23)c1.